The monoisotopic (exact) mass is 169 g/mol. The largest absolute Gasteiger partial charge is 0.481 e. The van der Waals surface area contributed by atoms with E-state index in [9.17, 15) is 9.59 Å². The highest BCUT2D eigenvalue weighted by molar-refractivity contribution is 6.01. The van der Waals surface area contributed by atoms with Crippen LogP contribution in [-0.2, 0) is 9.59 Å². The number of carbonyl (C=O) groups is 2. The van der Waals surface area contributed by atoms with Gasteiger partial charge >= 0.3 is 5.97 Å². The van der Waals surface area contributed by atoms with Gasteiger partial charge in [-0.05, 0) is 12.8 Å². The van der Waals surface area contributed by atoms with Crippen LogP contribution in [0.25, 0.3) is 0 Å². The van der Waals surface area contributed by atoms with Crippen LogP contribution in [0.5, 0.6) is 0 Å². The van der Waals surface area contributed by atoms with Crippen LogP contribution in [-0.4, -0.2) is 22.7 Å². The Morgan fingerprint density at radius 1 is 1.67 bits per heavy atom. The van der Waals surface area contributed by atoms with E-state index in [1.54, 1.807) is 0 Å². The normalized spacial score (nSPS) is 23.6. The molecule has 0 spiro atoms. The van der Waals surface area contributed by atoms with E-state index < -0.39 is 11.9 Å². The first-order valence-electron chi connectivity index (χ1n) is 3.95. The zero-order valence-electron chi connectivity index (χ0n) is 6.91. The molecule has 0 aromatic heterocycles. The number of hydrogen-bond donors (Lipinski definition) is 1. The summed E-state index contributed by atoms with van der Waals surface area (Å²) in [4.78, 5) is 25.2. The number of carboxylic acids is 1. The Morgan fingerprint density at radius 3 is 2.83 bits per heavy atom. The molecule has 0 saturated heterocycles. The van der Waals surface area contributed by atoms with E-state index in [-0.39, 0.29) is 12.3 Å². The Hall–Kier alpha value is -1.19. The molecule has 0 saturated carbocycles. The maximum Gasteiger partial charge on any atom is 0.307 e. The second kappa shape index (κ2) is 3.47. The molecule has 1 atom stereocenters. The second-order valence-electron chi connectivity index (χ2n) is 2.87. The van der Waals surface area contributed by atoms with E-state index in [1.807, 2.05) is 6.92 Å². The lowest BCUT2D eigenvalue weighted by molar-refractivity contribution is -0.143. The third kappa shape index (κ3) is 1.90. The van der Waals surface area contributed by atoms with Crippen molar-refractivity contribution in [1.29, 1.82) is 0 Å². The lowest BCUT2D eigenvalue weighted by Crippen LogP contribution is -2.25. The number of carboxylic acid groups (broad SMARTS) is 1. The molecule has 0 bridgehead atoms. The highest BCUT2D eigenvalue weighted by atomic mass is 16.4. The number of rotatable bonds is 2. The summed E-state index contributed by atoms with van der Waals surface area (Å²) >= 11 is 0. The van der Waals surface area contributed by atoms with Crippen molar-refractivity contribution in [3.63, 3.8) is 0 Å². The number of aliphatic carboxylic acids is 1. The van der Waals surface area contributed by atoms with Crippen molar-refractivity contribution in [3.8, 4) is 0 Å². The molecule has 1 rings (SSSR count). The SMILES string of the molecule is CCC1=NC(=O)CC(C(=O)O)C1. The van der Waals surface area contributed by atoms with E-state index in [0.717, 1.165) is 0 Å². The van der Waals surface area contributed by atoms with Gasteiger partial charge in [-0.25, -0.2) is 4.99 Å². The van der Waals surface area contributed by atoms with Gasteiger partial charge in [0.25, 0.3) is 0 Å². The number of carbonyl (C=O) groups excluding carboxylic acids is 1. The average Bonchev–Trinajstić information content (AvgIpc) is 2.03. The molecule has 1 unspecified atom stereocenters. The van der Waals surface area contributed by atoms with Crippen LogP contribution < -0.4 is 0 Å². The number of nitrogens with zero attached hydrogens (tertiary/aromatic N) is 1. The molecule has 0 aromatic rings. The topological polar surface area (TPSA) is 66.7 Å². The van der Waals surface area contributed by atoms with Crippen LogP contribution in [0.1, 0.15) is 26.2 Å². The Balaban J connectivity index is 2.72. The first-order valence-corrected chi connectivity index (χ1v) is 3.95. The van der Waals surface area contributed by atoms with Gasteiger partial charge in [0.05, 0.1) is 5.92 Å². The average molecular weight is 169 g/mol. The van der Waals surface area contributed by atoms with Gasteiger partial charge in [0, 0.05) is 12.1 Å². The molecule has 1 aliphatic heterocycles. The number of amides is 1. The molecule has 12 heavy (non-hydrogen) atoms. The van der Waals surface area contributed by atoms with Crippen LogP contribution in [0.2, 0.25) is 0 Å². The van der Waals surface area contributed by atoms with Crippen LogP contribution in [0, 0.1) is 5.92 Å². The van der Waals surface area contributed by atoms with Gasteiger partial charge in [-0.1, -0.05) is 6.92 Å². The quantitative estimate of drug-likeness (QED) is 0.666. The summed E-state index contributed by atoms with van der Waals surface area (Å²) in [5.74, 6) is -1.75. The zero-order chi connectivity index (χ0) is 9.14. The summed E-state index contributed by atoms with van der Waals surface area (Å²) in [7, 11) is 0. The highest BCUT2D eigenvalue weighted by Gasteiger charge is 2.26. The third-order valence-electron chi connectivity index (χ3n) is 1.94. The minimum absolute atomic E-state index is 0.0544. The van der Waals surface area contributed by atoms with E-state index in [2.05, 4.69) is 4.99 Å². The Labute approximate surface area is 70.3 Å². The van der Waals surface area contributed by atoms with E-state index in [1.165, 1.54) is 0 Å². The first-order chi connectivity index (χ1) is 5.63. The van der Waals surface area contributed by atoms with Gasteiger partial charge in [-0.15, -0.1) is 0 Å². The lowest BCUT2D eigenvalue weighted by atomic mass is 9.94. The molecule has 0 aromatic carbocycles. The van der Waals surface area contributed by atoms with E-state index in [0.29, 0.717) is 18.6 Å². The molecule has 1 aliphatic rings. The summed E-state index contributed by atoms with van der Waals surface area (Å²) in [5, 5.41) is 8.66. The van der Waals surface area contributed by atoms with Gasteiger partial charge in [0.2, 0.25) is 5.91 Å². The highest BCUT2D eigenvalue weighted by Crippen LogP contribution is 2.17. The van der Waals surface area contributed by atoms with Crippen molar-refractivity contribution in [3.05, 3.63) is 0 Å². The third-order valence-corrected chi connectivity index (χ3v) is 1.94. The maximum absolute atomic E-state index is 10.9. The van der Waals surface area contributed by atoms with Crippen molar-refractivity contribution < 1.29 is 14.7 Å². The Bertz CT molecular complexity index is 245. The summed E-state index contributed by atoms with van der Waals surface area (Å²) in [6.45, 7) is 1.87. The van der Waals surface area contributed by atoms with Gasteiger partial charge in [0.1, 0.15) is 0 Å². The zero-order valence-corrected chi connectivity index (χ0v) is 6.91. The van der Waals surface area contributed by atoms with E-state index in [4.69, 9.17) is 5.11 Å². The predicted molar refractivity (Wildman–Crippen MR) is 43.1 cm³/mol. The molecule has 1 heterocycles. The van der Waals surface area contributed by atoms with Crippen LogP contribution >= 0.6 is 0 Å². The van der Waals surface area contributed by atoms with Crippen molar-refractivity contribution in [2.24, 2.45) is 10.9 Å². The second-order valence-corrected chi connectivity index (χ2v) is 2.87. The van der Waals surface area contributed by atoms with Crippen molar-refractivity contribution in [2.75, 3.05) is 0 Å². The fourth-order valence-electron chi connectivity index (χ4n) is 1.23. The van der Waals surface area contributed by atoms with Gasteiger partial charge in [0.15, 0.2) is 0 Å². The molecule has 1 amide bonds. The minimum Gasteiger partial charge on any atom is -0.481 e. The Morgan fingerprint density at radius 2 is 2.33 bits per heavy atom. The van der Waals surface area contributed by atoms with Crippen molar-refractivity contribution in [2.45, 2.75) is 26.2 Å². The predicted octanol–water partition coefficient (Wildman–Crippen LogP) is 0.859. The smallest absolute Gasteiger partial charge is 0.307 e. The Kier molecular flexibility index (Phi) is 2.58. The molecule has 0 fully saturated rings. The van der Waals surface area contributed by atoms with Gasteiger partial charge < -0.3 is 5.11 Å². The van der Waals surface area contributed by atoms with Gasteiger partial charge in [-0.2, -0.15) is 0 Å². The fraction of sp³-hybridized carbons (Fsp3) is 0.625. The maximum atomic E-state index is 10.9. The molecule has 1 N–H and O–H groups in total. The molecular formula is C8H11NO3. The standard InChI is InChI=1S/C8H11NO3/c1-2-6-3-5(8(11)12)4-7(10)9-6/h5H,2-4H2,1H3,(H,11,12). The van der Waals surface area contributed by atoms with Crippen molar-refractivity contribution >= 4 is 17.6 Å². The molecule has 66 valence electrons. The number of hydrogen-bond acceptors (Lipinski definition) is 2. The summed E-state index contributed by atoms with van der Waals surface area (Å²) < 4.78 is 0. The fourth-order valence-corrected chi connectivity index (χ4v) is 1.23. The number of aliphatic imine (C=N–C) groups is 1. The summed E-state index contributed by atoms with van der Waals surface area (Å²) in [5.41, 5.74) is 0.707. The molecule has 0 radical (unpaired) electrons. The molecule has 4 heteroatoms. The van der Waals surface area contributed by atoms with Gasteiger partial charge in [-0.3, -0.25) is 9.59 Å². The lowest BCUT2D eigenvalue weighted by Gasteiger charge is -2.15. The molecular weight excluding hydrogens is 158 g/mol. The summed E-state index contributed by atoms with van der Waals surface area (Å²) in [6, 6.07) is 0. The molecule has 0 aliphatic carbocycles. The summed E-state index contributed by atoms with van der Waals surface area (Å²) in [6.07, 6.45) is 1.14. The van der Waals surface area contributed by atoms with E-state index >= 15 is 0 Å². The van der Waals surface area contributed by atoms with Crippen LogP contribution in [0.4, 0.5) is 0 Å². The first kappa shape index (κ1) is 8.90. The van der Waals surface area contributed by atoms with Crippen LogP contribution in [0.3, 0.4) is 0 Å². The van der Waals surface area contributed by atoms with Crippen molar-refractivity contribution in [1.82, 2.24) is 0 Å². The minimum atomic E-state index is -0.899. The molecule has 4 nitrogen and oxygen atoms in total. The van der Waals surface area contributed by atoms with Crippen LogP contribution in [0.15, 0.2) is 4.99 Å².